The second-order valence-electron chi connectivity index (χ2n) is 4.13. The zero-order valence-electron chi connectivity index (χ0n) is 11.0. The first kappa shape index (κ1) is 15.8. The first-order chi connectivity index (χ1) is 10.0. The summed E-state index contributed by atoms with van der Waals surface area (Å²) in [7, 11) is 1.30. The lowest BCUT2D eigenvalue weighted by atomic mass is 10.1. The van der Waals surface area contributed by atoms with Crippen molar-refractivity contribution in [3.63, 3.8) is 0 Å². The highest BCUT2D eigenvalue weighted by atomic mass is 79.9. The summed E-state index contributed by atoms with van der Waals surface area (Å²) < 4.78 is 23.7. The predicted molar refractivity (Wildman–Crippen MR) is 81.9 cm³/mol. The van der Waals surface area contributed by atoms with Crippen molar-refractivity contribution < 1.29 is 18.7 Å². The largest absolute Gasteiger partial charge is 0.465 e. The Kier molecular flexibility index (Phi) is 5.20. The molecular formula is C15H11BrClFO3. The fourth-order valence-corrected chi connectivity index (χ4v) is 2.25. The summed E-state index contributed by atoms with van der Waals surface area (Å²) in [5.41, 5.74) is 1.17. The monoisotopic (exact) mass is 372 g/mol. The van der Waals surface area contributed by atoms with Crippen molar-refractivity contribution in [3.8, 4) is 11.5 Å². The number of alkyl halides is 1. The molecule has 0 aliphatic heterocycles. The van der Waals surface area contributed by atoms with Gasteiger partial charge in [-0.2, -0.15) is 0 Å². The van der Waals surface area contributed by atoms with Gasteiger partial charge in [0.1, 0.15) is 17.3 Å². The second kappa shape index (κ2) is 6.91. The lowest BCUT2D eigenvalue weighted by Gasteiger charge is -2.11. The van der Waals surface area contributed by atoms with Crippen molar-refractivity contribution in [2.45, 2.75) is 5.33 Å². The van der Waals surface area contributed by atoms with E-state index in [2.05, 4.69) is 20.7 Å². The van der Waals surface area contributed by atoms with E-state index in [1.165, 1.54) is 19.2 Å². The number of hydrogen-bond donors (Lipinski definition) is 0. The number of carbonyl (C=O) groups excluding carboxylic acids is 1. The highest BCUT2D eigenvalue weighted by molar-refractivity contribution is 9.08. The lowest BCUT2D eigenvalue weighted by Crippen LogP contribution is -2.02. The molecule has 2 aromatic carbocycles. The maximum atomic E-state index is 13.4. The minimum Gasteiger partial charge on any atom is -0.465 e. The van der Waals surface area contributed by atoms with Gasteiger partial charge in [-0.05, 0) is 24.3 Å². The Balaban J connectivity index is 2.36. The molecule has 0 heterocycles. The fourth-order valence-electron chi connectivity index (χ4n) is 1.67. The number of halogens is 3. The van der Waals surface area contributed by atoms with Crippen LogP contribution in [0.25, 0.3) is 0 Å². The Morgan fingerprint density at radius 2 is 2.05 bits per heavy atom. The molecule has 2 rings (SSSR count). The van der Waals surface area contributed by atoms with Crippen molar-refractivity contribution in [2.24, 2.45) is 0 Å². The first-order valence-electron chi connectivity index (χ1n) is 5.95. The maximum absolute atomic E-state index is 13.4. The lowest BCUT2D eigenvalue weighted by molar-refractivity contribution is 0.0600. The third kappa shape index (κ3) is 3.74. The summed E-state index contributed by atoms with van der Waals surface area (Å²) in [4.78, 5) is 11.5. The Labute approximate surface area is 134 Å². The Hall–Kier alpha value is -1.59. The molecule has 0 aliphatic carbocycles. The standard InChI is InChI=1S/C15H11BrClFO3/c1-20-15(19)9-2-3-10(8-16)14(6-9)21-11-4-5-12(17)13(18)7-11/h2-7H,8H2,1H3. The first-order valence-corrected chi connectivity index (χ1v) is 7.45. The molecule has 0 fully saturated rings. The van der Waals surface area contributed by atoms with E-state index in [0.717, 1.165) is 5.56 Å². The zero-order chi connectivity index (χ0) is 15.4. The van der Waals surface area contributed by atoms with Gasteiger partial charge in [0.05, 0.1) is 17.7 Å². The SMILES string of the molecule is COC(=O)c1ccc(CBr)c(Oc2ccc(Cl)c(F)c2)c1. The number of ether oxygens (including phenoxy) is 2. The van der Waals surface area contributed by atoms with Gasteiger partial charge in [0, 0.05) is 17.0 Å². The molecule has 3 nitrogen and oxygen atoms in total. The molecule has 0 amide bonds. The number of carbonyl (C=O) groups is 1. The van der Waals surface area contributed by atoms with Crippen LogP contribution >= 0.6 is 27.5 Å². The van der Waals surface area contributed by atoms with Gasteiger partial charge in [-0.1, -0.05) is 33.6 Å². The molecule has 0 N–H and O–H groups in total. The molecule has 110 valence electrons. The molecule has 0 aliphatic rings. The molecule has 2 aromatic rings. The summed E-state index contributed by atoms with van der Waals surface area (Å²) in [6.45, 7) is 0. The topological polar surface area (TPSA) is 35.5 Å². The summed E-state index contributed by atoms with van der Waals surface area (Å²) >= 11 is 8.96. The smallest absolute Gasteiger partial charge is 0.337 e. The van der Waals surface area contributed by atoms with Gasteiger partial charge in [-0.25, -0.2) is 9.18 Å². The van der Waals surface area contributed by atoms with Crippen molar-refractivity contribution in [2.75, 3.05) is 7.11 Å². The van der Waals surface area contributed by atoms with Crippen LogP contribution in [-0.2, 0) is 10.1 Å². The summed E-state index contributed by atoms with van der Waals surface area (Å²) in [5.74, 6) is -0.306. The van der Waals surface area contributed by atoms with Crippen LogP contribution in [0.3, 0.4) is 0 Å². The Morgan fingerprint density at radius 3 is 2.67 bits per heavy atom. The van der Waals surface area contributed by atoms with E-state index < -0.39 is 11.8 Å². The Bertz CT molecular complexity index is 676. The number of hydrogen-bond acceptors (Lipinski definition) is 3. The van der Waals surface area contributed by atoms with Crippen LogP contribution in [-0.4, -0.2) is 13.1 Å². The third-order valence-corrected chi connectivity index (χ3v) is 3.66. The van der Waals surface area contributed by atoms with E-state index in [0.29, 0.717) is 22.4 Å². The van der Waals surface area contributed by atoms with Crippen LogP contribution in [0.2, 0.25) is 5.02 Å². The summed E-state index contributed by atoms with van der Waals surface area (Å²) in [6.07, 6.45) is 0. The molecule has 6 heteroatoms. The minimum absolute atomic E-state index is 0.0198. The van der Waals surface area contributed by atoms with Gasteiger partial charge in [0.15, 0.2) is 0 Å². The summed E-state index contributed by atoms with van der Waals surface area (Å²) in [6, 6.07) is 9.07. The Morgan fingerprint density at radius 1 is 1.29 bits per heavy atom. The van der Waals surface area contributed by atoms with E-state index in [4.69, 9.17) is 16.3 Å². The number of methoxy groups -OCH3 is 1. The quantitative estimate of drug-likeness (QED) is 0.562. The molecule has 0 saturated carbocycles. The molecule has 0 atom stereocenters. The normalized spacial score (nSPS) is 10.3. The van der Waals surface area contributed by atoms with Crippen molar-refractivity contribution in [1.29, 1.82) is 0 Å². The van der Waals surface area contributed by atoms with E-state index in [1.807, 2.05) is 0 Å². The van der Waals surface area contributed by atoms with E-state index in [9.17, 15) is 9.18 Å². The molecule has 0 saturated heterocycles. The molecule has 0 bridgehead atoms. The highest BCUT2D eigenvalue weighted by Crippen LogP contribution is 2.30. The molecule has 0 spiro atoms. The molecule has 0 aromatic heterocycles. The fraction of sp³-hybridized carbons (Fsp3) is 0.133. The van der Waals surface area contributed by atoms with Crippen LogP contribution in [0.1, 0.15) is 15.9 Å². The second-order valence-corrected chi connectivity index (χ2v) is 5.09. The van der Waals surface area contributed by atoms with Crippen LogP contribution in [0.5, 0.6) is 11.5 Å². The van der Waals surface area contributed by atoms with Crippen LogP contribution in [0.15, 0.2) is 36.4 Å². The summed E-state index contributed by atoms with van der Waals surface area (Å²) in [5, 5.41) is 0.547. The number of esters is 1. The van der Waals surface area contributed by atoms with Crippen LogP contribution in [0, 0.1) is 5.82 Å². The van der Waals surface area contributed by atoms with Gasteiger partial charge in [0.2, 0.25) is 0 Å². The van der Waals surface area contributed by atoms with Gasteiger partial charge in [-0.3, -0.25) is 0 Å². The van der Waals surface area contributed by atoms with E-state index in [-0.39, 0.29) is 5.02 Å². The maximum Gasteiger partial charge on any atom is 0.337 e. The average molecular weight is 374 g/mol. The number of rotatable bonds is 4. The molecule has 0 unspecified atom stereocenters. The zero-order valence-corrected chi connectivity index (χ0v) is 13.4. The predicted octanol–water partition coefficient (Wildman–Crippen LogP) is 4.95. The van der Waals surface area contributed by atoms with Crippen LogP contribution in [0.4, 0.5) is 4.39 Å². The van der Waals surface area contributed by atoms with E-state index >= 15 is 0 Å². The van der Waals surface area contributed by atoms with Gasteiger partial charge < -0.3 is 9.47 Å². The highest BCUT2D eigenvalue weighted by Gasteiger charge is 2.12. The van der Waals surface area contributed by atoms with Crippen molar-refractivity contribution in [3.05, 3.63) is 58.4 Å². The van der Waals surface area contributed by atoms with Gasteiger partial charge in [-0.15, -0.1) is 0 Å². The molecule has 21 heavy (non-hydrogen) atoms. The number of benzene rings is 2. The van der Waals surface area contributed by atoms with Crippen LogP contribution < -0.4 is 4.74 Å². The van der Waals surface area contributed by atoms with Gasteiger partial charge in [0.25, 0.3) is 0 Å². The van der Waals surface area contributed by atoms with E-state index in [1.54, 1.807) is 24.3 Å². The average Bonchev–Trinajstić information content (AvgIpc) is 2.50. The van der Waals surface area contributed by atoms with Gasteiger partial charge >= 0.3 is 5.97 Å². The minimum atomic E-state index is -0.571. The third-order valence-electron chi connectivity index (χ3n) is 2.75. The van der Waals surface area contributed by atoms with Crippen molar-refractivity contribution >= 4 is 33.5 Å². The molecular weight excluding hydrogens is 363 g/mol. The molecule has 0 radical (unpaired) electrons. The van der Waals surface area contributed by atoms with Crippen molar-refractivity contribution in [1.82, 2.24) is 0 Å².